The quantitative estimate of drug-likeness (QED) is 0.795. The lowest BCUT2D eigenvalue weighted by Gasteiger charge is -2.08. The van der Waals surface area contributed by atoms with Crippen molar-refractivity contribution < 1.29 is 19.1 Å². The molecule has 0 aliphatic carbocycles. The molecule has 0 bridgehead atoms. The number of Topliss-reactive ketones (excluding diaryl/α,β-unsaturated/α-hetero) is 1. The van der Waals surface area contributed by atoms with Crippen molar-refractivity contribution in [3.8, 4) is 0 Å². The lowest BCUT2D eigenvalue weighted by Crippen LogP contribution is -2.17. The minimum atomic E-state index is -0.913. The molecule has 0 saturated carbocycles. The summed E-state index contributed by atoms with van der Waals surface area (Å²) < 4.78 is 12.6. The van der Waals surface area contributed by atoms with Crippen molar-refractivity contribution in [3.05, 3.63) is 35.6 Å². The van der Waals surface area contributed by atoms with Crippen LogP contribution >= 0.6 is 11.8 Å². The molecule has 1 unspecified atom stereocenters. The van der Waals surface area contributed by atoms with Crippen LogP contribution in [-0.2, 0) is 4.79 Å². The Kier molecular flexibility index (Phi) is 5.15. The van der Waals surface area contributed by atoms with E-state index in [9.17, 15) is 14.0 Å². The van der Waals surface area contributed by atoms with E-state index in [2.05, 4.69) is 0 Å². The summed E-state index contributed by atoms with van der Waals surface area (Å²) in [5.41, 5.74) is 0.402. The Balaban J connectivity index is 2.55. The highest BCUT2D eigenvalue weighted by atomic mass is 32.2. The van der Waals surface area contributed by atoms with Gasteiger partial charge in [-0.25, -0.2) is 4.39 Å². The van der Waals surface area contributed by atoms with Crippen LogP contribution in [0.15, 0.2) is 24.3 Å². The summed E-state index contributed by atoms with van der Waals surface area (Å²) in [6, 6.07) is 5.23. The molecule has 0 fully saturated rings. The standard InChI is InChI=1S/C12H13FO3S/c1-2-11(12(15)16)17-7-10(14)8-3-5-9(13)6-4-8/h3-6,11H,2,7H2,1H3,(H,15,16). The minimum Gasteiger partial charge on any atom is -0.480 e. The largest absolute Gasteiger partial charge is 0.480 e. The van der Waals surface area contributed by atoms with Gasteiger partial charge in [-0.1, -0.05) is 6.92 Å². The first-order valence-corrected chi connectivity index (χ1v) is 6.22. The average Bonchev–Trinajstić information content (AvgIpc) is 2.30. The molecule has 1 atom stereocenters. The van der Waals surface area contributed by atoms with E-state index in [1.165, 1.54) is 24.3 Å². The number of carboxylic acid groups (broad SMARTS) is 1. The Morgan fingerprint density at radius 3 is 2.41 bits per heavy atom. The molecule has 0 saturated heterocycles. The van der Waals surface area contributed by atoms with Gasteiger partial charge in [0.25, 0.3) is 0 Å². The van der Waals surface area contributed by atoms with Gasteiger partial charge < -0.3 is 5.11 Å². The Labute approximate surface area is 103 Å². The van der Waals surface area contributed by atoms with Crippen LogP contribution in [0.5, 0.6) is 0 Å². The number of benzene rings is 1. The lowest BCUT2D eigenvalue weighted by molar-refractivity contribution is -0.136. The van der Waals surface area contributed by atoms with Gasteiger partial charge in [0.1, 0.15) is 11.1 Å². The number of thioether (sulfide) groups is 1. The molecule has 0 aliphatic heterocycles. The van der Waals surface area contributed by atoms with Gasteiger partial charge in [-0.15, -0.1) is 11.8 Å². The highest BCUT2D eigenvalue weighted by Gasteiger charge is 2.17. The topological polar surface area (TPSA) is 54.4 Å². The molecule has 0 heterocycles. The molecule has 0 aliphatic rings. The van der Waals surface area contributed by atoms with Crippen molar-refractivity contribution in [3.63, 3.8) is 0 Å². The van der Waals surface area contributed by atoms with Crippen LogP contribution < -0.4 is 0 Å². The Morgan fingerprint density at radius 2 is 1.94 bits per heavy atom. The first-order chi connectivity index (χ1) is 8.04. The monoisotopic (exact) mass is 256 g/mol. The van der Waals surface area contributed by atoms with Gasteiger partial charge in [0.2, 0.25) is 0 Å². The van der Waals surface area contributed by atoms with Crippen molar-refractivity contribution in [2.24, 2.45) is 0 Å². The number of hydrogen-bond donors (Lipinski definition) is 1. The van der Waals surface area contributed by atoms with Crippen LogP contribution in [0.1, 0.15) is 23.7 Å². The molecule has 1 rings (SSSR count). The fraction of sp³-hybridized carbons (Fsp3) is 0.333. The number of rotatable bonds is 6. The highest BCUT2D eigenvalue weighted by molar-refractivity contribution is 8.01. The van der Waals surface area contributed by atoms with Crippen LogP contribution in [0.3, 0.4) is 0 Å². The lowest BCUT2D eigenvalue weighted by atomic mass is 10.1. The number of ketones is 1. The zero-order chi connectivity index (χ0) is 12.8. The van der Waals surface area contributed by atoms with Gasteiger partial charge in [-0.2, -0.15) is 0 Å². The predicted octanol–water partition coefficient (Wildman–Crippen LogP) is 2.60. The van der Waals surface area contributed by atoms with E-state index in [0.717, 1.165) is 11.8 Å². The van der Waals surface area contributed by atoms with E-state index in [-0.39, 0.29) is 11.5 Å². The van der Waals surface area contributed by atoms with Gasteiger partial charge in [0, 0.05) is 5.56 Å². The summed E-state index contributed by atoms with van der Waals surface area (Å²) in [6.07, 6.45) is 0.469. The Morgan fingerprint density at radius 1 is 1.35 bits per heavy atom. The molecule has 5 heteroatoms. The van der Waals surface area contributed by atoms with Gasteiger partial charge >= 0.3 is 5.97 Å². The summed E-state index contributed by atoms with van der Waals surface area (Å²) in [6.45, 7) is 1.76. The first kappa shape index (κ1) is 13.7. The molecular formula is C12H13FO3S. The van der Waals surface area contributed by atoms with Crippen LogP contribution in [-0.4, -0.2) is 27.9 Å². The van der Waals surface area contributed by atoms with E-state index >= 15 is 0 Å². The fourth-order valence-electron chi connectivity index (χ4n) is 1.26. The van der Waals surface area contributed by atoms with Crippen molar-refractivity contribution >= 4 is 23.5 Å². The van der Waals surface area contributed by atoms with Crippen LogP contribution in [0.4, 0.5) is 4.39 Å². The number of carbonyl (C=O) groups excluding carboxylic acids is 1. The van der Waals surface area contributed by atoms with Crippen molar-refractivity contribution in [1.82, 2.24) is 0 Å². The maximum atomic E-state index is 12.6. The maximum absolute atomic E-state index is 12.6. The first-order valence-electron chi connectivity index (χ1n) is 5.17. The molecular weight excluding hydrogens is 243 g/mol. The predicted molar refractivity (Wildman–Crippen MR) is 64.9 cm³/mol. The Hall–Kier alpha value is -1.36. The molecule has 0 amide bonds. The molecule has 0 spiro atoms. The SMILES string of the molecule is CCC(SCC(=O)c1ccc(F)cc1)C(=O)O. The zero-order valence-corrected chi connectivity index (χ0v) is 10.2. The summed E-state index contributed by atoms with van der Waals surface area (Å²) in [4.78, 5) is 22.4. The molecule has 1 aromatic carbocycles. The molecule has 92 valence electrons. The second-order valence-corrected chi connectivity index (χ2v) is 4.67. The Bertz CT molecular complexity index is 403. The van der Waals surface area contributed by atoms with E-state index in [0.29, 0.717) is 12.0 Å². The number of carbonyl (C=O) groups is 2. The summed E-state index contributed by atoms with van der Waals surface area (Å²) >= 11 is 1.09. The maximum Gasteiger partial charge on any atom is 0.316 e. The average molecular weight is 256 g/mol. The summed E-state index contributed by atoms with van der Waals surface area (Å²) in [7, 11) is 0. The van der Waals surface area contributed by atoms with Crippen molar-refractivity contribution in [1.29, 1.82) is 0 Å². The highest BCUT2D eigenvalue weighted by Crippen LogP contribution is 2.17. The zero-order valence-electron chi connectivity index (χ0n) is 9.35. The van der Waals surface area contributed by atoms with Crippen LogP contribution in [0, 0.1) is 5.82 Å². The second-order valence-electron chi connectivity index (χ2n) is 3.48. The number of carboxylic acids is 1. The third-order valence-electron chi connectivity index (χ3n) is 2.23. The van der Waals surface area contributed by atoms with Crippen LogP contribution in [0.25, 0.3) is 0 Å². The molecule has 1 N–H and O–H groups in total. The third-order valence-corrected chi connectivity index (χ3v) is 3.59. The van der Waals surface area contributed by atoms with Crippen molar-refractivity contribution in [2.45, 2.75) is 18.6 Å². The molecule has 3 nitrogen and oxygen atoms in total. The summed E-state index contributed by atoms with van der Waals surface area (Å²) in [5.74, 6) is -1.40. The number of aliphatic carboxylic acids is 1. The van der Waals surface area contributed by atoms with Gasteiger partial charge in [-0.3, -0.25) is 9.59 Å². The second kappa shape index (κ2) is 6.39. The fourth-order valence-corrected chi connectivity index (χ4v) is 2.16. The van der Waals surface area contributed by atoms with E-state index < -0.39 is 17.0 Å². The summed E-state index contributed by atoms with van der Waals surface area (Å²) in [5, 5.41) is 8.24. The van der Waals surface area contributed by atoms with Gasteiger partial charge in [0.15, 0.2) is 5.78 Å². The van der Waals surface area contributed by atoms with Gasteiger partial charge in [-0.05, 0) is 30.7 Å². The van der Waals surface area contributed by atoms with E-state index in [1.807, 2.05) is 0 Å². The smallest absolute Gasteiger partial charge is 0.316 e. The number of halogens is 1. The third kappa shape index (κ3) is 4.19. The molecule has 0 aromatic heterocycles. The molecule has 1 aromatic rings. The molecule has 17 heavy (non-hydrogen) atoms. The van der Waals surface area contributed by atoms with Crippen LogP contribution in [0.2, 0.25) is 0 Å². The number of hydrogen-bond acceptors (Lipinski definition) is 3. The minimum absolute atomic E-state index is 0.0937. The van der Waals surface area contributed by atoms with E-state index in [4.69, 9.17) is 5.11 Å². The van der Waals surface area contributed by atoms with E-state index in [1.54, 1.807) is 6.92 Å². The van der Waals surface area contributed by atoms with Gasteiger partial charge in [0.05, 0.1) is 5.75 Å². The normalized spacial score (nSPS) is 12.1. The van der Waals surface area contributed by atoms with Crippen molar-refractivity contribution in [2.75, 3.05) is 5.75 Å². The molecule has 0 radical (unpaired) electrons.